The molecule has 0 amide bonds. The van der Waals surface area contributed by atoms with Crippen LogP contribution in [0.15, 0.2) is 46.9 Å². The number of rotatable bonds is 3. The molecule has 1 aromatic heterocycles. The Morgan fingerprint density at radius 3 is 2.50 bits per heavy atom. The first kappa shape index (κ1) is 22.3. The lowest BCUT2D eigenvalue weighted by molar-refractivity contribution is -0.116. The molecule has 5 rings (SSSR count). The summed E-state index contributed by atoms with van der Waals surface area (Å²) in [6, 6.07) is 12.2. The monoisotopic (exact) mass is 470 g/mol. The predicted octanol–water partition coefficient (Wildman–Crippen LogP) is 5.20. The van der Waals surface area contributed by atoms with Gasteiger partial charge in [0.25, 0.3) is 0 Å². The maximum atomic E-state index is 13.3. The summed E-state index contributed by atoms with van der Waals surface area (Å²) >= 11 is 1.60. The summed E-state index contributed by atoms with van der Waals surface area (Å²) in [5.74, 6) is 0.562. The highest BCUT2D eigenvalue weighted by atomic mass is 32.1. The highest BCUT2D eigenvalue weighted by Crippen LogP contribution is 2.50. The van der Waals surface area contributed by atoms with Gasteiger partial charge in [-0.25, -0.2) is 0 Å². The van der Waals surface area contributed by atoms with E-state index in [0.717, 1.165) is 53.9 Å². The molecule has 0 saturated carbocycles. The number of methoxy groups -OCH3 is 1. The van der Waals surface area contributed by atoms with Crippen LogP contribution in [-0.4, -0.2) is 12.9 Å². The normalized spacial score (nSPS) is 20.3. The van der Waals surface area contributed by atoms with E-state index in [0.29, 0.717) is 41.1 Å². The van der Waals surface area contributed by atoms with E-state index in [4.69, 9.17) is 10.5 Å². The fourth-order valence-electron chi connectivity index (χ4n) is 5.45. The number of carbonyl (C=O) groups is 1. The van der Waals surface area contributed by atoms with Gasteiger partial charge in [-0.3, -0.25) is 9.69 Å². The largest absolute Gasteiger partial charge is 0.497 e. The summed E-state index contributed by atoms with van der Waals surface area (Å²) in [4.78, 5) is 16.4. The van der Waals surface area contributed by atoms with E-state index >= 15 is 0 Å². The fourth-order valence-corrected chi connectivity index (χ4v) is 6.83. The number of nitrogens with zero attached hydrogens (tertiary/aromatic N) is 3. The lowest BCUT2D eigenvalue weighted by Gasteiger charge is -2.39. The van der Waals surface area contributed by atoms with Gasteiger partial charge in [-0.1, -0.05) is 18.6 Å². The van der Waals surface area contributed by atoms with Crippen LogP contribution in [0.5, 0.6) is 5.75 Å². The molecule has 2 N–H and O–H groups in total. The smallest absolute Gasteiger partial charge is 0.161 e. The van der Waals surface area contributed by atoms with Crippen LogP contribution in [-0.2, 0) is 17.6 Å². The molecule has 6 nitrogen and oxygen atoms in total. The summed E-state index contributed by atoms with van der Waals surface area (Å²) in [5.41, 5.74) is 11.2. The molecule has 0 radical (unpaired) electrons. The van der Waals surface area contributed by atoms with Crippen molar-refractivity contribution in [3.8, 4) is 17.9 Å². The first-order chi connectivity index (χ1) is 16.6. The van der Waals surface area contributed by atoms with Crippen molar-refractivity contribution in [1.82, 2.24) is 0 Å². The van der Waals surface area contributed by atoms with Gasteiger partial charge in [-0.05, 0) is 61.8 Å². The van der Waals surface area contributed by atoms with Crippen LogP contribution >= 0.6 is 11.3 Å². The topological polar surface area (TPSA) is 103 Å². The van der Waals surface area contributed by atoms with Crippen LogP contribution in [0.2, 0.25) is 0 Å². The molecule has 1 aliphatic heterocycles. The number of anilines is 1. The van der Waals surface area contributed by atoms with E-state index in [1.807, 2.05) is 29.2 Å². The number of nitrogens with two attached hydrogens (primary N) is 1. The number of benzene rings is 1. The van der Waals surface area contributed by atoms with Crippen LogP contribution in [0, 0.1) is 22.7 Å². The number of allylic oxidation sites excluding steroid dienone is 3. The van der Waals surface area contributed by atoms with Crippen molar-refractivity contribution >= 4 is 22.1 Å². The third-order valence-electron chi connectivity index (χ3n) is 7.08. The molecule has 0 spiro atoms. The van der Waals surface area contributed by atoms with E-state index in [-0.39, 0.29) is 5.78 Å². The molecule has 3 aliphatic rings. The van der Waals surface area contributed by atoms with Crippen molar-refractivity contribution in [2.75, 3.05) is 12.0 Å². The Balaban J connectivity index is 1.72. The van der Waals surface area contributed by atoms with Gasteiger partial charge in [-0.2, -0.15) is 10.5 Å². The number of nitriles is 2. The zero-order chi connectivity index (χ0) is 23.8. The van der Waals surface area contributed by atoms with Crippen LogP contribution in [0.4, 0.5) is 5.00 Å². The summed E-state index contributed by atoms with van der Waals surface area (Å²) in [6.07, 6.45) is 7.04. The lowest BCUT2D eigenvalue weighted by atomic mass is 9.75. The average molecular weight is 471 g/mol. The minimum Gasteiger partial charge on any atom is -0.497 e. The minimum absolute atomic E-state index is 0.0453. The number of ketones is 1. The average Bonchev–Trinajstić information content (AvgIpc) is 3.03. The zero-order valence-electron chi connectivity index (χ0n) is 19.2. The SMILES string of the molecule is COc1ccc([C@H]2C(C#N)=C(N)N(c3sc4c(c3C#N)CCCCC4)C3=C2C(=O)CCC3)cc1. The Kier molecular flexibility index (Phi) is 5.89. The number of thiophene rings is 1. The van der Waals surface area contributed by atoms with Crippen molar-refractivity contribution in [2.24, 2.45) is 5.73 Å². The van der Waals surface area contributed by atoms with Crippen LogP contribution in [0.1, 0.15) is 66.0 Å². The second kappa shape index (κ2) is 9.00. The van der Waals surface area contributed by atoms with Gasteiger partial charge in [0.1, 0.15) is 22.6 Å². The van der Waals surface area contributed by atoms with Gasteiger partial charge in [0.2, 0.25) is 0 Å². The predicted molar refractivity (Wildman–Crippen MR) is 131 cm³/mol. The van der Waals surface area contributed by atoms with Crippen molar-refractivity contribution in [3.63, 3.8) is 0 Å². The van der Waals surface area contributed by atoms with Crippen molar-refractivity contribution in [3.05, 3.63) is 68.5 Å². The summed E-state index contributed by atoms with van der Waals surface area (Å²) in [6.45, 7) is 0. The molecule has 0 unspecified atom stereocenters. The van der Waals surface area contributed by atoms with E-state index in [2.05, 4.69) is 12.1 Å². The lowest BCUT2D eigenvalue weighted by Crippen LogP contribution is -2.38. The van der Waals surface area contributed by atoms with Crippen LogP contribution in [0.3, 0.4) is 0 Å². The van der Waals surface area contributed by atoms with E-state index < -0.39 is 5.92 Å². The zero-order valence-corrected chi connectivity index (χ0v) is 20.0. The van der Waals surface area contributed by atoms with Crippen molar-refractivity contribution < 1.29 is 9.53 Å². The third-order valence-corrected chi connectivity index (χ3v) is 8.36. The Hall–Kier alpha value is -3.55. The molecule has 1 atom stereocenters. The summed E-state index contributed by atoms with van der Waals surface area (Å²) in [5, 5.41) is 21.1. The molecule has 172 valence electrons. The van der Waals surface area contributed by atoms with Crippen LogP contribution in [0.25, 0.3) is 0 Å². The number of fused-ring (bicyclic) bond motifs is 1. The molecule has 2 aromatic rings. The molecule has 1 aromatic carbocycles. The number of ether oxygens (including phenoxy) is 1. The van der Waals surface area contributed by atoms with Crippen molar-refractivity contribution in [1.29, 1.82) is 10.5 Å². The van der Waals surface area contributed by atoms with Gasteiger partial charge >= 0.3 is 0 Å². The molecule has 0 bridgehead atoms. The Morgan fingerprint density at radius 1 is 1.03 bits per heavy atom. The Morgan fingerprint density at radius 2 is 1.79 bits per heavy atom. The molecule has 34 heavy (non-hydrogen) atoms. The number of hydrogen-bond acceptors (Lipinski definition) is 7. The number of hydrogen-bond donors (Lipinski definition) is 1. The molecule has 0 saturated heterocycles. The molecular formula is C27H26N4O2S. The highest BCUT2D eigenvalue weighted by molar-refractivity contribution is 7.16. The fraction of sp³-hybridized carbons (Fsp3) is 0.370. The maximum Gasteiger partial charge on any atom is 0.161 e. The second-order valence-electron chi connectivity index (χ2n) is 8.95. The van der Waals surface area contributed by atoms with E-state index in [1.54, 1.807) is 18.4 Å². The van der Waals surface area contributed by atoms with E-state index in [9.17, 15) is 15.3 Å². The van der Waals surface area contributed by atoms with Gasteiger partial charge in [0.15, 0.2) is 5.78 Å². The number of carbonyl (C=O) groups excluding carboxylic acids is 1. The number of aryl methyl sites for hydroxylation is 1. The van der Waals surface area contributed by atoms with Gasteiger partial charge in [0.05, 0.1) is 30.2 Å². The third kappa shape index (κ3) is 3.48. The molecule has 0 fully saturated rings. The standard InChI is InChI=1S/C27H26N4O2S/c1-33-17-12-10-16(11-13-17)24-20(15-29)26(30)31(21-7-5-8-22(32)25(21)24)27-19(14-28)18-6-3-2-4-9-23(18)34-27/h10-13,24H,2-9,30H2,1H3/t24-/m0/s1. The summed E-state index contributed by atoms with van der Waals surface area (Å²) in [7, 11) is 1.60. The maximum absolute atomic E-state index is 13.3. The van der Waals surface area contributed by atoms with Gasteiger partial charge < -0.3 is 10.5 Å². The molecule has 2 aliphatic carbocycles. The number of Topliss-reactive ketones (excluding diaryl/α,β-unsaturated/α-hetero) is 1. The highest BCUT2D eigenvalue weighted by Gasteiger charge is 2.41. The van der Waals surface area contributed by atoms with Gasteiger partial charge in [-0.15, -0.1) is 11.3 Å². The first-order valence-electron chi connectivity index (χ1n) is 11.7. The van der Waals surface area contributed by atoms with Crippen molar-refractivity contribution in [2.45, 2.75) is 57.3 Å². The minimum atomic E-state index is -0.515. The van der Waals surface area contributed by atoms with Gasteiger partial charge in [0, 0.05) is 22.6 Å². The summed E-state index contributed by atoms with van der Waals surface area (Å²) < 4.78 is 5.29. The molecular weight excluding hydrogens is 444 g/mol. The second-order valence-corrected chi connectivity index (χ2v) is 10.0. The molecule has 7 heteroatoms. The Labute approximate surface area is 203 Å². The Bertz CT molecular complexity index is 1300. The van der Waals surface area contributed by atoms with E-state index in [1.165, 1.54) is 11.3 Å². The first-order valence-corrected chi connectivity index (χ1v) is 12.5. The molecule has 2 heterocycles. The quantitative estimate of drug-likeness (QED) is 0.618. The van der Waals surface area contributed by atoms with Crippen LogP contribution < -0.4 is 15.4 Å².